The van der Waals surface area contributed by atoms with Gasteiger partial charge in [0.1, 0.15) is 11.5 Å². The summed E-state index contributed by atoms with van der Waals surface area (Å²) in [6.45, 7) is 6.66. The highest BCUT2D eigenvalue weighted by Gasteiger charge is 2.41. The van der Waals surface area contributed by atoms with Gasteiger partial charge in [-0.15, -0.1) is 0 Å². The third kappa shape index (κ3) is 4.25. The zero-order valence-corrected chi connectivity index (χ0v) is 20.3. The summed E-state index contributed by atoms with van der Waals surface area (Å²) >= 11 is 0. The molecule has 0 saturated heterocycles. The molecule has 34 heavy (non-hydrogen) atoms. The minimum absolute atomic E-state index is 0.0842. The molecule has 0 bridgehead atoms. The van der Waals surface area contributed by atoms with Gasteiger partial charge in [-0.2, -0.15) is 0 Å². The van der Waals surface area contributed by atoms with Crippen molar-refractivity contribution < 1.29 is 9.53 Å². The summed E-state index contributed by atoms with van der Waals surface area (Å²) in [6.07, 6.45) is 1.29. The number of fused-ring (bicyclic) bond motifs is 2. The van der Waals surface area contributed by atoms with Crippen molar-refractivity contribution in [2.75, 3.05) is 12.4 Å². The summed E-state index contributed by atoms with van der Waals surface area (Å²) < 4.78 is 5.31. The number of Topliss-reactive ketones (excluding diaryl/α,β-unsaturated/α-hetero) is 1. The lowest BCUT2D eigenvalue weighted by atomic mass is 9.72. The van der Waals surface area contributed by atoms with Crippen molar-refractivity contribution in [2.24, 2.45) is 10.9 Å². The molecule has 1 aliphatic heterocycles. The second-order valence-corrected chi connectivity index (χ2v) is 10.4. The lowest BCUT2D eigenvalue weighted by Gasteiger charge is -2.34. The number of hydrogen-bond donors (Lipinski definition) is 1. The van der Waals surface area contributed by atoms with E-state index in [9.17, 15) is 4.79 Å². The fourth-order valence-electron chi connectivity index (χ4n) is 5.18. The zero-order valence-electron chi connectivity index (χ0n) is 20.3. The molecule has 3 aromatic carbocycles. The second kappa shape index (κ2) is 8.75. The number of nitrogens with zero attached hydrogens (tertiary/aromatic N) is 1. The molecule has 1 fully saturated rings. The van der Waals surface area contributed by atoms with Crippen LogP contribution in [0.1, 0.15) is 62.3 Å². The van der Waals surface area contributed by atoms with E-state index in [2.05, 4.69) is 68.6 Å². The van der Waals surface area contributed by atoms with E-state index in [1.807, 2.05) is 30.3 Å². The van der Waals surface area contributed by atoms with Crippen molar-refractivity contribution in [2.45, 2.75) is 51.0 Å². The van der Waals surface area contributed by atoms with Crippen LogP contribution in [-0.2, 0) is 10.2 Å². The Hall–Kier alpha value is -3.40. The Bertz CT molecular complexity index is 1220. The lowest BCUT2D eigenvalue weighted by molar-refractivity contribution is -0.122. The van der Waals surface area contributed by atoms with Crippen molar-refractivity contribution in [1.82, 2.24) is 0 Å². The van der Waals surface area contributed by atoms with E-state index in [0.29, 0.717) is 6.42 Å². The van der Waals surface area contributed by atoms with Crippen molar-refractivity contribution in [3.05, 3.63) is 89.5 Å². The second-order valence-electron chi connectivity index (χ2n) is 10.4. The summed E-state index contributed by atoms with van der Waals surface area (Å²) in [5.41, 5.74) is 6.50. The van der Waals surface area contributed by atoms with E-state index < -0.39 is 0 Å². The molecule has 0 aromatic heterocycles. The van der Waals surface area contributed by atoms with Gasteiger partial charge in [0.05, 0.1) is 30.4 Å². The van der Waals surface area contributed by atoms with Crippen LogP contribution >= 0.6 is 0 Å². The number of ketones is 1. The number of para-hydroxylation sites is 2. The third-order valence-electron chi connectivity index (χ3n) is 7.14. The third-order valence-corrected chi connectivity index (χ3v) is 7.14. The zero-order chi connectivity index (χ0) is 23.9. The van der Waals surface area contributed by atoms with Crippen LogP contribution in [0.25, 0.3) is 0 Å². The van der Waals surface area contributed by atoms with Crippen LogP contribution < -0.4 is 10.1 Å². The molecule has 2 aliphatic rings. The topological polar surface area (TPSA) is 50.7 Å². The molecule has 1 saturated carbocycles. The van der Waals surface area contributed by atoms with E-state index in [-0.39, 0.29) is 29.1 Å². The summed E-state index contributed by atoms with van der Waals surface area (Å²) in [7, 11) is 1.67. The van der Waals surface area contributed by atoms with E-state index >= 15 is 0 Å². The van der Waals surface area contributed by atoms with Crippen LogP contribution in [0.4, 0.5) is 11.4 Å². The summed E-state index contributed by atoms with van der Waals surface area (Å²) in [4.78, 5) is 18.8. The average Bonchev–Trinajstić information content (AvgIpc) is 3.00. The Labute approximate surface area is 202 Å². The molecule has 0 spiro atoms. The number of methoxy groups -OCH3 is 1. The summed E-state index contributed by atoms with van der Waals surface area (Å²) in [5, 5.41) is 3.68. The SMILES string of the molecule is COc1ccc([C@H]2CC(=O)[C@H]3C(=Nc4ccccc4N[C@@H]3c3ccc(C(C)(C)C)cc3)C2)cc1. The van der Waals surface area contributed by atoms with Crippen LogP contribution in [-0.4, -0.2) is 18.6 Å². The number of aliphatic imine (C=N–C) groups is 1. The van der Waals surface area contributed by atoms with E-state index in [1.165, 1.54) is 5.56 Å². The first-order chi connectivity index (χ1) is 16.3. The minimum Gasteiger partial charge on any atom is -0.497 e. The molecule has 0 amide bonds. The fourth-order valence-corrected chi connectivity index (χ4v) is 5.18. The van der Waals surface area contributed by atoms with Gasteiger partial charge >= 0.3 is 0 Å². The first-order valence-corrected chi connectivity index (χ1v) is 12.0. The monoisotopic (exact) mass is 452 g/mol. The Morgan fingerprint density at radius 1 is 0.882 bits per heavy atom. The van der Waals surface area contributed by atoms with Crippen molar-refractivity contribution in [3.8, 4) is 5.75 Å². The maximum Gasteiger partial charge on any atom is 0.144 e. The average molecular weight is 453 g/mol. The number of hydrogen-bond acceptors (Lipinski definition) is 4. The van der Waals surface area contributed by atoms with Gasteiger partial charge in [-0.05, 0) is 58.7 Å². The molecule has 1 aliphatic carbocycles. The molecule has 3 atom stereocenters. The van der Waals surface area contributed by atoms with Crippen LogP contribution in [0.2, 0.25) is 0 Å². The predicted octanol–water partition coefficient (Wildman–Crippen LogP) is 6.99. The van der Waals surface area contributed by atoms with Crippen LogP contribution in [0.3, 0.4) is 0 Å². The molecule has 1 N–H and O–H groups in total. The smallest absolute Gasteiger partial charge is 0.144 e. The molecule has 174 valence electrons. The van der Waals surface area contributed by atoms with Gasteiger partial charge in [0.15, 0.2) is 0 Å². The van der Waals surface area contributed by atoms with Gasteiger partial charge in [-0.3, -0.25) is 9.79 Å². The minimum atomic E-state index is -0.276. The number of rotatable bonds is 3. The molecule has 0 unspecified atom stereocenters. The van der Waals surface area contributed by atoms with Gasteiger partial charge < -0.3 is 10.1 Å². The first-order valence-electron chi connectivity index (χ1n) is 12.0. The molecular formula is C30H32N2O2. The van der Waals surface area contributed by atoms with Gasteiger partial charge in [0.2, 0.25) is 0 Å². The standard InChI is InChI=1S/C30H32N2O2/c1-30(2,3)22-13-9-20(10-14-22)29-28-26(31-24-7-5-6-8-25(24)32-29)17-21(18-27(28)33)19-11-15-23(34-4)16-12-19/h5-16,21,28-29,32H,17-18H2,1-4H3/t21-,28-,29-/m1/s1. The van der Waals surface area contributed by atoms with Crippen molar-refractivity contribution in [3.63, 3.8) is 0 Å². The molecule has 1 heterocycles. The number of benzene rings is 3. The Balaban J connectivity index is 1.53. The van der Waals surface area contributed by atoms with E-state index in [1.54, 1.807) is 7.11 Å². The maximum absolute atomic E-state index is 13.7. The molecule has 0 radical (unpaired) electrons. The highest BCUT2D eigenvalue weighted by atomic mass is 16.5. The molecular weight excluding hydrogens is 420 g/mol. The normalized spacial score (nSPS) is 22.1. The van der Waals surface area contributed by atoms with Gasteiger partial charge in [0, 0.05) is 12.1 Å². The number of anilines is 1. The van der Waals surface area contributed by atoms with E-state index in [4.69, 9.17) is 9.73 Å². The highest BCUT2D eigenvalue weighted by Crippen LogP contribution is 2.44. The largest absolute Gasteiger partial charge is 0.497 e. The molecule has 4 heteroatoms. The highest BCUT2D eigenvalue weighted by molar-refractivity contribution is 6.10. The first kappa shape index (κ1) is 22.4. The number of ether oxygens (including phenoxy) is 1. The molecule has 5 rings (SSSR count). The van der Waals surface area contributed by atoms with Gasteiger partial charge in [-0.25, -0.2) is 0 Å². The van der Waals surface area contributed by atoms with Gasteiger partial charge in [0.25, 0.3) is 0 Å². The van der Waals surface area contributed by atoms with Crippen LogP contribution in [0.15, 0.2) is 77.8 Å². The maximum atomic E-state index is 13.7. The van der Waals surface area contributed by atoms with E-state index in [0.717, 1.165) is 40.4 Å². The summed E-state index contributed by atoms with van der Waals surface area (Å²) in [6, 6.07) is 24.8. The van der Waals surface area contributed by atoms with Crippen LogP contribution in [0, 0.1) is 5.92 Å². The molecule has 3 aromatic rings. The lowest BCUT2D eigenvalue weighted by Crippen LogP contribution is -2.38. The quantitative estimate of drug-likeness (QED) is 0.466. The number of nitrogens with one attached hydrogen (secondary N) is 1. The van der Waals surface area contributed by atoms with Gasteiger partial charge in [-0.1, -0.05) is 69.3 Å². The fraction of sp³-hybridized carbons (Fsp3) is 0.333. The van der Waals surface area contributed by atoms with Crippen molar-refractivity contribution >= 4 is 22.9 Å². The van der Waals surface area contributed by atoms with Crippen molar-refractivity contribution in [1.29, 1.82) is 0 Å². The van der Waals surface area contributed by atoms with Crippen LogP contribution in [0.5, 0.6) is 5.75 Å². The predicted molar refractivity (Wildman–Crippen MR) is 139 cm³/mol. The molecule has 4 nitrogen and oxygen atoms in total. The Morgan fingerprint density at radius 2 is 1.56 bits per heavy atom. The number of carbonyl (C=O) groups excluding carboxylic acids is 1. The Morgan fingerprint density at radius 3 is 2.24 bits per heavy atom. The Kier molecular flexibility index (Phi) is 5.76. The summed E-state index contributed by atoms with van der Waals surface area (Å²) in [5.74, 6) is 0.924. The number of carbonyl (C=O) groups is 1.